The monoisotopic (exact) mass is 575 g/mol. The highest BCUT2D eigenvalue weighted by atomic mass is 28.3. The average Bonchev–Trinajstić information content (AvgIpc) is 3.62. The maximum Gasteiger partial charge on any atom is 0.410 e. The maximum atomic E-state index is 12.5. The van der Waals surface area contributed by atoms with Gasteiger partial charge in [0.2, 0.25) is 0 Å². The van der Waals surface area contributed by atoms with Gasteiger partial charge in [0.05, 0.1) is 17.9 Å². The minimum atomic E-state index is -1.12. The van der Waals surface area contributed by atoms with Crippen LogP contribution in [0.5, 0.6) is 0 Å². The van der Waals surface area contributed by atoms with Crippen LogP contribution in [0, 0.1) is 0 Å². The normalized spacial score (nSPS) is 15.4. The first kappa shape index (κ1) is 29.0. The van der Waals surface area contributed by atoms with Crippen LogP contribution < -0.4 is 0 Å². The largest absolute Gasteiger partial charge is 0.445 e. The van der Waals surface area contributed by atoms with Gasteiger partial charge in [0.15, 0.2) is 0 Å². The predicted octanol–water partition coefficient (Wildman–Crippen LogP) is 5.12. The van der Waals surface area contributed by atoms with Crippen LogP contribution in [0.4, 0.5) is 4.79 Å². The van der Waals surface area contributed by atoms with E-state index in [1.54, 1.807) is 11.2 Å². The summed E-state index contributed by atoms with van der Waals surface area (Å²) in [4.78, 5) is 25.8. The lowest BCUT2D eigenvalue weighted by atomic mass is 10.2. The molecule has 3 aromatic heterocycles. The molecule has 0 saturated carbocycles. The first-order valence-corrected chi connectivity index (χ1v) is 18.1. The summed E-state index contributed by atoms with van der Waals surface area (Å²) in [5.41, 5.74) is 3.70. The highest BCUT2D eigenvalue weighted by molar-refractivity contribution is 6.76. The molecule has 0 spiro atoms. The molecule has 1 aliphatic heterocycles. The Morgan fingerprint density at radius 2 is 1.83 bits per heavy atom. The van der Waals surface area contributed by atoms with E-state index >= 15 is 0 Å². The number of nitrogens with zero attached hydrogens (tertiary/aromatic N) is 7. The average molecular weight is 576 g/mol. The maximum absolute atomic E-state index is 12.5. The molecule has 4 aromatic rings. The van der Waals surface area contributed by atoms with Crippen molar-refractivity contribution in [3.05, 3.63) is 66.9 Å². The van der Waals surface area contributed by atoms with Gasteiger partial charge in [-0.25, -0.2) is 14.8 Å². The molecule has 1 aromatic carbocycles. The quantitative estimate of drug-likeness (QED) is 0.181. The molecule has 1 atom stereocenters. The number of hydrogen-bond acceptors (Lipinski definition) is 7. The van der Waals surface area contributed by atoms with Crippen LogP contribution in [0.3, 0.4) is 0 Å². The Morgan fingerprint density at radius 3 is 2.59 bits per heavy atom. The summed E-state index contributed by atoms with van der Waals surface area (Å²) in [6.07, 6.45) is 7.32. The van der Waals surface area contributed by atoms with Crippen molar-refractivity contribution in [3.8, 4) is 11.3 Å². The Bertz CT molecular complexity index is 1420. The van der Waals surface area contributed by atoms with Crippen molar-refractivity contribution in [3.63, 3.8) is 0 Å². The van der Waals surface area contributed by atoms with Crippen molar-refractivity contribution in [1.82, 2.24) is 34.1 Å². The van der Waals surface area contributed by atoms with E-state index in [0.29, 0.717) is 26.4 Å². The highest BCUT2D eigenvalue weighted by Crippen LogP contribution is 2.27. The second-order valence-corrected chi connectivity index (χ2v) is 17.6. The lowest BCUT2D eigenvalue weighted by Crippen LogP contribution is -2.49. The molecule has 218 valence electrons. The first-order chi connectivity index (χ1) is 19.8. The van der Waals surface area contributed by atoms with Gasteiger partial charge in [-0.05, 0) is 24.6 Å². The molecule has 0 aliphatic carbocycles. The van der Waals surface area contributed by atoms with Crippen LogP contribution in [0.2, 0.25) is 25.7 Å². The molecule has 0 bridgehead atoms. The van der Waals surface area contributed by atoms with Crippen molar-refractivity contribution in [1.29, 1.82) is 0 Å². The van der Waals surface area contributed by atoms with E-state index in [1.165, 1.54) is 0 Å². The molecular weight excluding hydrogens is 534 g/mol. The molecular formula is C30H41N7O3Si. The van der Waals surface area contributed by atoms with Gasteiger partial charge in [0.1, 0.15) is 25.3 Å². The zero-order valence-electron chi connectivity index (χ0n) is 24.6. The summed E-state index contributed by atoms with van der Waals surface area (Å²) in [7, 11) is -1.12. The van der Waals surface area contributed by atoms with Crippen LogP contribution in [0.15, 0.2) is 61.3 Å². The topological polar surface area (TPSA) is 90.5 Å². The van der Waals surface area contributed by atoms with E-state index in [1.807, 2.05) is 52.0 Å². The van der Waals surface area contributed by atoms with Crippen molar-refractivity contribution in [2.75, 3.05) is 39.3 Å². The van der Waals surface area contributed by atoms with Gasteiger partial charge in [-0.15, -0.1) is 0 Å². The van der Waals surface area contributed by atoms with E-state index in [4.69, 9.17) is 9.47 Å². The third-order valence-corrected chi connectivity index (χ3v) is 9.17. The Balaban J connectivity index is 1.13. The molecule has 1 amide bonds. The standard InChI is InChI=1S/C30H41N7O3Si/c1-24(19-34-12-14-35(15-13-34)30(38)40-21-25-8-6-5-7-9-25)37-20-26(18-33-37)28-27-10-11-36(29(27)32-22-31-28)23-39-16-17-41(2,3)4/h5-11,18,20,22,24H,12-17,19,21,23H2,1-4H3/t24-/m0/s1. The Morgan fingerprint density at radius 1 is 1.05 bits per heavy atom. The van der Waals surface area contributed by atoms with E-state index < -0.39 is 8.07 Å². The number of fused-ring (bicyclic) bond motifs is 1. The first-order valence-electron chi connectivity index (χ1n) is 14.4. The number of amides is 1. The van der Waals surface area contributed by atoms with Gasteiger partial charge < -0.3 is 18.9 Å². The molecule has 1 fully saturated rings. The summed E-state index contributed by atoms with van der Waals surface area (Å²) in [6.45, 7) is 14.6. The zero-order valence-corrected chi connectivity index (χ0v) is 25.6. The van der Waals surface area contributed by atoms with Crippen LogP contribution in [0.25, 0.3) is 22.3 Å². The molecule has 1 aliphatic rings. The molecule has 11 heteroatoms. The number of aromatic nitrogens is 5. The lowest BCUT2D eigenvalue weighted by Gasteiger charge is -2.35. The molecule has 4 heterocycles. The van der Waals surface area contributed by atoms with Crippen molar-refractivity contribution < 1.29 is 14.3 Å². The molecule has 0 unspecified atom stereocenters. The van der Waals surface area contributed by atoms with E-state index in [0.717, 1.165) is 60.1 Å². The van der Waals surface area contributed by atoms with E-state index in [-0.39, 0.29) is 12.1 Å². The Hall–Kier alpha value is -3.54. The van der Waals surface area contributed by atoms with Crippen molar-refractivity contribution in [2.24, 2.45) is 0 Å². The van der Waals surface area contributed by atoms with Crippen LogP contribution in [0.1, 0.15) is 18.5 Å². The van der Waals surface area contributed by atoms with Gasteiger partial charge in [-0.2, -0.15) is 5.10 Å². The van der Waals surface area contributed by atoms with Crippen molar-refractivity contribution in [2.45, 2.75) is 52.0 Å². The number of hydrogen-bond donors (Lipinski definition) is 0. The molecule has 1 saturated heterocycles. The van der Waals surface area contributed by atoms with Crippen LogP contribution in [-0.4, -0.2) is 87.6 Å². The van der Waals surface area contributed by atoms with E-state index in [2.05, 4.69) is 58.8 Å². The third-order valence-electron chi connectivity index (χ3n) is 7.47. The minimum absolute atomic E-state index is 0.169. The summed E-state index contributed by atoms with van der Waals surface area (Å²) in [6, 6.07) is 13.1. The van der Waals surface area contributed by atoms with Crippen molar-refractivity contribution >= 4 is 25.2 Å². The number of carbonyl (C=O) groups is 1. The third kappa shape index (κ3) is 7.60. The minimum Gasteiger partial charge on any atom is -0.445 e. The fourth-order valence-electron chi connectivity index (χ4n) is 4.96. The molecule has 5 rings (SSSR count). The smallest absolute Gasteiger partial charge is 0.410 e. The summed E-state index contributed by atoms with van der Waals surface area (Å²) in [5, 5.41) is 5.66. The molecule has 0 N–H and O–H groups in total. The second kappa shape index (κ2) is 13.0. The molecule has 41 heavy (non-hydrogen) atoms. The SMILES string of the molecule is C[C@@H](CN1CCN(C(=O)OCc2ccccc2)CC1)n1cc(-c2ncnc3c2ccn3COCC[Si](C)(C)C)cn1. The fourth-order valence-corrected chi connectivity index (χ4v) is 5.72. The van der Waals surface area contributed by atoms with E-state index in [9.17, 15) is 4.79 Å². The molecule has 10 nitrogen and oxygen atoms in total. The van der Waals surface area contributed by atoms with Gasteiger partial charge >= 0.3 is 6.09 Å². The summed E-state index contributed by atoms with van der Waals surface area (Å²) in [5.74, 6) is 0. The lowest BCUT2D eigenvalue weighted by molar-refractivity contribution is 0.0685. The Kier molecular flexibility index (Phi) is 9.16. The van der Waals surface area contributed by atoms with Gasteiger partial charge in [0, 0.05) is 70.7 Å². The Labute approximate surface area is 242 Å². The molecule has 0 radical (unpaired) electrons. The number of rotatable bonds is 11. The summed E-state index contributed by atoms with van der Waals surface area (Å²) < 4.78 is 15.5. The second-order valence-electron chi connectivity index (χ2n) is 12.0. The number of ether oxygens (including phenoxy) is 2. The van der Waals surface area contributed by atoms with Gasteiger partial charge in [-0.3, -0.25) is 9.58 Å². The summed E-state index contributed by atoms with van der Waals surface area (Å²) >= 11 is 0. The van der Waals surface area contributed by atoms with Gasteiger partial charge in [-0.1, -0.05) is 50.0 Å². The van der Waals surface area contributed by atoms with Crippen LogP contribution >= 0.6 is 0 Å². The highest BCUT2D eigenvalue weighted by Gasteiger charge is 2.24. The zero-order chi connectivity index (χ0) is 28.8. The fraction of sp³-hybridized carbons (Fsp3) is 0.467. The number of benzene rings is 1. The van der Waals surface area contributed by atoms with Crippen LogP contribution in [-0.2, 0) is 22.8 Å². The predicted molar refractivity (Wildman–Crippen MR) is 162 cm³/mol. The number of carbonyl (C=O) groups excluding carboxylic acids is 1. The van der Waals surface area contributed by atoms with Gasteiger partial charge in [0.25, 0.3) is 0 Å². The number of piperazine rings is 1.